The SMILES string of the molecule is COc1c(NC(=O)c2ccc(C)c(-n3cc(OC(=O)O)nn3)c2)cc(C(C)(C)C)cc1NS(C)(=O)=O. The molecule has 0 aliphatic carbocycles. The fraction of sp³-hybridized carbons (Fsp3) is 0.304. The maximum Gasteiger partial charge on any atom is 0.512 e. The first kappa shape index (κ1) is 26.5. The minimum atomic E-state index is -3.62. The lowest BCUT2D eigenvalue weighted by molar-refractivity contribution is 0.102. The van der Waals surface area contributed by atoms with Crippen LogP contribution in [0, 0.1) is 6.92 Å². The average molecular weight is 518 g/mol. The minimum absolute atomic E-state index is 0.154. The van der Waals surface area contributed by atoms with Crippen LogP contribution in [0.2, 0.25) is 0 Å². The van der Waals surface area contributed by atoms with Crippen LogP contribution in [0.5, 0.6) is 11.6 Å². The molecule has 3 aromatic rings. The van der Waals surface area contributed by atoms with Crippen molar-refractivity contribution >= 4 is 33.5 Å². The molecule has 0 fully saturated rings. The van der Waals surface area contributed by atoms with Crippen molar-refractivity contribution in [3.63, 3.8) is 0 Å². The maximum atomic E-state index is 13.2. The number of carbonyl (C=O) groups is 2. The first-order valence-electron chi connectivity index (χ1n) is 10.6. The van der Waals surface area contributed by atoms with Crippen LogP contribution in [-0.2, 0) is 15.4 Å². The van der Waals surface area contributed by atoms with Crippen LogP contribution in [0.25, 0.3) is 5.69 Å². The van der Waals surface area contributed by atoms with Gasteiger partial charge in [-0.3, -0.25) is 9.52 Å². The van der Waals surface area contributed by atoms with Crippen molar-refractivity contribution < 1.29 is 32.6 Å². The van der Waals surface area contributed by atoms with Gasteiger partial charge in [0.05, 0.1) is 36.6 Å². The zero-order chi connectivity index (χ0) is 26.8. The third-order valence-corrected chi connectivity index (χ3v) is 5.68. The molecule has 13 heteroatoms. The Morgan fingerprint density at radius 1 is 1.11 bits per heavy atom. The van der Waals surface area contributed by atoms with Gasteiger partial charge in [0, 0.05) is 5.56 Å². The molecule has 0 bridgehead atoms. The van der Waals surface area contributed by atoms with Gasteiger partial charge in [-0.25, -0.2) is 17.9 Å². The number of anilines is 2. The number of nitrogens with one attached hydrogen (secondary N) is 2. The molecule has 0 saturated heterocycles. The topological polar surface area (TPSA) is 162 Å². The zero-order valence-corrected chi connectivity index (χ0v) is 21.4. The van der Waals surface area contributed by atoms with E-state index in [1.165, 1.54) is 18.0 Å². The number of hydrogen-bond donors (Lipinski definition) is 3. The number of ether oxygens (including phenoxy) is 2. The molecule has 0 spiro atoms. The third kappa shape index (κ3) is 6.30. The second-order valence-corrected chi connectivity index (χ2v) is 10.8. The molecule has 192 valence electrons. The lowest BCUT2D eigenvalue weighted by Gasteiger charge is -2.24. The molecule has 1 aromatic heterocycles. The first-order chi connectivity index (χ1) is 16.7. The summed E-state index contributed by atoms with van der Waals surface area (Å²) in [5.41, 5.74) is 2.35. The molecule has 3 N–H and O–H groups in total. The Hall–Kier alpha value is -4.13. The Morgan fingerprint density at radius 2 is 1.78 bits per heavy atom. The van der Waals surface area contributed by atoms with Crippen molar-refractivity contribution in [1.29, 1.82) is 0 Å². The van der Waals surface area contributed by atoms with Crippen LogP contribution < -0.4 is 19.5 Å². The summed E-state index contributed by atoms with van der Waals surface area (Å²) < 4.78 is 37.6. The number of benzene rings is 2. The third-order valence-electron chi connectivity index (χ3n) is 5.09. The molecule has 1 amide bonds. The molecule has 0 aliphatic rings. The predicted molar refractivity (Wildman–Crippen MR) is 133 cm³/mol. The second-order valence-electron chi connectivity index (χ2n) is 9.05. The highest BCUT2D eigenvalue weighted by Crippen LogP contribution is 2.39. The Labute approximate surface area is 208 Å². The van der Waals surface area contributed by atoms with Crippen molar-refractivity contribution in [3.8, 4) is 17.3 Å². The number of carboxylic acid groups (broad SMARTS) is 1. The highest BCUT2D eigenvalue weighted by atomic mass is 32.2. The largest absolute Gasteiger partial charge is 0.512 e. The number of nitrogens with zero attached hydrogens (tertiary/aromatic N) is 3. The molecule has 2 aromatic carbocycles. The Morgan fingerprint density at radius 3 is 2.36 bits per heavy atom. The molecule has 0 radical (unpaired) electrons. The molecule has 36 heavy (non-hydrogen) atoms. The molecule has 0 unspecified atom stereocenters. The monoisotopic (exact) mass is 517 g/mol. The van der Waals surface area contributed by atoms with Gasteiger partial charge in [-0.05, 0) is 47.7 Å². The summed E-state index contributed by atoms with van der Waals surface area (Å²) in [4.78, 5) is 24.0. The molecule has 3 rings (SSSR count). The van der Waals surface area contributed by atoms with E-state index in [-0.39, 0.29) is 34.0 Å². The van der Waals surface area contributed by atoms with E-state index >= 15 is 0 Å². The summed E-state index contributed by atoms with van der Waals surface area (Å²) in [6, 6.07) is 8.26. The fourth-order valence-corrected chi connectivity index (χ4v) is 3.90. The number of methoxy groups -OCH3 is 1. The van der Waals surface area contributed by atoms with E-state index in [2.05, 4.69) is 25.1 Å². The van der Waals surface area contributed by atoms with E-state index in [1.807, 2.05) is 20.8 Å². The minimum Gasteiger partial charge on any atom is -0.492 e. The number of sulfonamides is 1. The van der Waals surface area contributed by atoms with E-state index in [9.17, 15) is 18.0 Å². The molecule has 0 atom stereocenters. The number of carbonyl (C=O) groups excluding carboxylic acids is 1. The van der Waals surface area contributed by atoms with Crippen LogP contribution in [-0.4, -0.2) is 53.9 Å². The van der Waals surface area contributed by atoms with E-state index in [0.29, 0.717) is 5.69 Å². The van der Waals surface area contributed by atoms with Crippen LogP contribution in [0.1, 0.15) is 42.3 Å². The second kappa shape index (κ2) is 9.85. The maximum absolute atomic E-state index is 13.2. The number of rotatable bonds is 7. The molecule has 0 aliphatic heterocycles. The summed E-state index contributed by atoms with van der Waals surface area (Å²) in [6.45, 7) is 7.65. The van der Waals surface area contributed by atoms with Crippen LogP contribution in [0.15, 0.2) is 36.5 Å². The number of aromatic nitrogens is 3. The fourth-order valence-electron chi connectivity index (χ4n) is 3.34. The lowest BCUT2D eigenvalue weighted by atomic mass is 9.86. The van der Waals surface area contributed by atoms with Gasteiger partial charge < -0.3 is 19.9 Å². The van der Waals surface area contributed by atoms with Crippen LogP contribution in [0.3, 0.4) is 0 Å². The van der Waals surface area contributed by atoms with Gasteiger partial charge >= 0.3 is 6.16 Å². The van der Waals surface area contributed by atoms with Crippen molar-refractivity contribution in [1.82, 2.24) is 15.0 Å². The smallest absolute Gasteiger partial charge is 0.492 e. The summed E-state index contributed by atoms with van der Waals surface area (Å²) in [7, 11) is -2.25. The molecule has 0 saturated carbocycles. The van der Waals surface area contributed by atoms with Gasteiger partial charge in [0.15, 0.2) is 5.75 Å². The van der Waals surface area contributed by atoms with E-state index in [1.54, 1.807) is 37.3 Å². The van der Waals surface area contributed by atoms with Gasteiger partial charge in [-0.15, -0.1) is 0 Å². The van der Waals surface area contributed by atoms with E-state index < -0.39 is 22.1 Å². The Bertz CT molecular complexity index is 1430. The van der Waals surface area contributed by atoms with Gasteiger partial charge in [-0.1, -0.05) is 37.1 Å². The van der Waals surface area contributed by atoms with Crippen molar-refractivity contribution in [2.24, 2.45) is 0 Å². The summed E-state index contributed by atoms with van der Waals surface area (Å²) in [5.74, 6) is -0.555. The van der Waals surface area contributed by atoms with Crippen molar-refractivity contribution in [2.45, 2.75) is 33.1 Å². The Kier molecular flexibility index (Phi) is 7.25. The first-order valence-corrected chi connectivity index (χ1v) is 12.5. The summed E-state index contributed by atoms with van der Waals surface area (Å²) in [5, 5.41) is 19.1. The highest BCUT2D eigenvalue weighted by molar-refractivity contribution is 7.92. The zero-order valence-electron chi connectivity index (χ0n) is 20.6. The van der Waals surface area contributed by atoms with E-state index in [4.69, 9.17) is 9.84 Å². The lowest BCUT2D eigenvalue weighted by Crippen LogP contribution is -2.18. The predicted octanol–water partition coefficient (Wildman–Crippen LogP) is 3.56. The summed E-state index contributed by atoms with van der Waals surface area (Å²) >= 11 is 0. The molecule has 12 nitrogen and oxygen atoms in total. The van der Waals surface area contributed by atoms with Crippen molar-refractivity contribution in [3.05, 3.63) is 53.2 Å². The number of amides is 1. The standard InChI is InChI=1S/C23H27N5O7S/c1-13-7-8-14(9-18(13)28-12-19(25-27-28)35-22(30)31)21(29)24-16-10-15(23(2,3)4)11-17(20(16)34-5)26-36(6,32)33/h7-12,26H,1-6H3,(H,24,29)(H,30,31). The Balaban J connectivity index is 2.01. The van der Waals surface area contributed by atoms with Gasteiger partial charge in [-0.2, -0.15) is 0 Å². The number of hydrogen-bond acceptors (Lipinski definition) is 8. The molecule has 1 heterocycles. The van der Waals surface area contributed by atoms with Gasteiger partial charge in [0.1, 0.15) is 0 Å². The normalized spacial score (nSPS) is 11.6. The average Bonchev–Trinajstić information content (AvgIpc) is 3.19. The van der Waals surface area contributed by atoms with Gasteiger partial charge in [0.2, 0.25) is 10.0 Å². The van der Waals surface area contributed by atoms with Crippen LogP contribution >= 0.6 is 0 Å². The van der Waals surface area contributed by atoms with E-state index in [0.717, 1.165) is 17.4 Å². The highest BCUT2D eigenvalue weighted by Gasteiger charge is 2.23. The van der Waals surface area contributed by atoms with Crippen LogP contribution in [0.4, 0.5) is 16.2 Å². The van der Waals surface area contributed by atoms with Gasteiger partial charge in [0.25, 0.3) is 11.8 Å². The molecular formula is C23H27N5O7S. The van der Waals surface area contributed by atoms with Crippen molar-refractivity contribution in [2.75, 3.05) is 23.4 Å². The quantitative estimate of drug-likeness (QED) is 0.398. The summed E-state index contributed by atoms with van der Waals surface area (Å²) in [6.07, 6.45) is 0.777. The molecular weight excluding hydrogens is 490 g/mol. The number of aryl methyl sites for hydroxylation is 1.